The van der Waals surface area contributed by atoms with Gasteiger partial charge in [-0.25, -0.2) is 4.98 Å². The minimum atomic E-state index is 0.354. The highest BCUT2D eigenvalue weighted by Crippen LogP contribution is 2.32. The number of hydrogen-bond donors (Lipinski definition) is 0. The summed E-state index contributed by atoms with van der Waals surface area (Å²) in [4.78, 5) is 4.63. The molecule has 0 amide bonds. The smallest absolute Gasteiger partial charge is 0.217 e. The highest BCUT2D eigenvalue weighted by atomic mass is 16.5. The monoisotopic (exact) mass is 277 g/mol. The Morgan fingerprint density at radius 1 is 1.10 bits per heavy atom. The summed E-state index contributed by atoms with van der Waals surface area (Å²) in [5.41, 5.74) is 3.23. The molecule has 1 aromatic rings. The summed E-state index contributed by atoms with van der Waals surface area (Å²) in [6.07, 6.45) is 7.46. The lowest BCUT2D eigenvalue weighted by Gasteiger charge is -2.19. The molecule has 112 valence electrons. The molecule has 3 nitrogen and oxygen atoms in total. The Bertz CT molecular complexity index is 451. The van der Waals surface area contributed by atoms with Crippen molar-refractivity contribution in [1.82, 2.24) is 4.98 Å². The summed E-state index contributed by atoms with van der Waals surface area (Å²) in [6.45, 7) is 9.13. The van der Waals surface area contributed by atoms with Gasteiger partial charge in [-0.3, -0.25) is 0 Å². The summed E-state index contributed by atoms with van der Waals surface area (Å²) in [5.74, 6) is 1.74. The first-order chi connectivity index (χ1) is 9.63. The lowest BCUT2D eigenvalue weighted by atomic mass is 10.1. The number of rotatable bonds is 6. The Morgan fingerprint density at radius 3 is 2.45 bits per heavy atom. The fraction of sp³-hybridized carbons (Fsp3) is 0.706. The Kier molecular flexibility index (Phi) is 5.27. The molecular formula is C17H27NO2. The second kappa shape index (κ2) is 6.96. The highest BCUT2D eigenvalue weighted by Gasteiger charge is 2.20. The number of nitrogens with zero attached hydrogens (tertiary/aromatic N) is 1. The molecule has 20 heavy (non-hydrogen) atoms. The molecule has 1 saturated carbocycles. The zero-order valence-electron chi connectivity index (χ0n) is 13.3. The van der Waals surface area contributed by atoms with E-state index in [4.69, 9.17) is 9.47 Å². The van der Waals surface area contributed by atoms with Crippen molar-refractivity contribution < 1.29 is 9.47 Å². The molecule has 0 aliphatic heterocycles. The molecule has 0 atom stereocenters. The Balaban J connectivity index is 2.14. The maximum atomic E-state index is 6.08. The first-order valence-electron chi connectivity index (χ1n) is 7.90. The van der Waals surface area contributed by atoms with Crippen molar-refractivity contribution in [2.24, 2.45) is 0 Å². The molecule has 1 aliphatic rings. The Labute approximate surface area is 122 Å². The second-order valence-electron chi connectivity index (χ2n) is 5.81. The van der Waals surface area contributed by atoms with Crippen LogP contribution in [0.3, 0.4) is 0 Å². The fourth-order valence-electron chi connectivity index (χ4n) is 2.70. The average Bonchev–Trinajstić information content (AvgIpc) is 2.93. The third-order valence-corrected chi connectivity index (χ3v) is 4.15. The van der Waals surface area contributed by atoms with Gasteiger partial charge in [0, 0.05) is 11.1 Å². The molecule has 2 rings (SSSR count). The van der Waals surface area contributed by atoms with Crippen molar-refractivity contribution >= 4 is 0 Å². The van der Waals surface area contributed by atoms with Crippen LogP contribution in [0, 0.1) is 20.8 Å². The van der Waals surface area contributed by atoms with Gasteiger partial charge in [-0.2, -0.15) is 0 Å². The lowest BCUT2D eigenvalue weighted by molar-refractivity contribution is 0.198. The van der Waals surface area contributed by atoms with Crippen molar-refractivity contribution in [3.8, 4) is 11.6 Å². The third-order valence-electron chi connectivity index (χ3n) is 4.15. The van der Waals surface area contributed by atoms with Crippen LogP contribution in [-0.4, -0.2) is 17.7 Å². The average molecular weight is 277 g/mol. The number of ether oxygens (including phenoxy) is 2. The van der Waals surface area contributed by atoms with Crippen molar-refractivity contribution in [3.05, 3.63) is 16.8 Å². The molecule has 0 N–H and O–H groups in total. The van der Waals surface area contributed by atoms with Gasteiger partial charge in [0.2, 0.25) is 5.88 Å². The number of pyridine rings is 1. The number of aryl methyl sites for hydroxylation is 1. The van der Waals surface area contributed by atoms with Crippen LogP contribution in [-0.2, 0) is 0 Å². The second-order valence-corrected chi connectivity index (χ2v) is 5.81. The van der Waals surface area contributed by atoms with E-state index >= 15 is 0 Å². The van der Waals surface area contributed by atoms with E-state index in [1.165, 1.54) is 18.4 Å². The van der Waals surface area contributed by atoms with E-state index in [-0.39, 0.29) is 0 Å². The van der Waals surface area contributed by atoms with E-state index in [2.05, 4.69) is 25.8 Å². The van der Waals surface area contributed by atoms with Crippen LogP contribution in [0.2, 0.25) is 0 Å². The van der Waals surface area contributed by atoms with Crippen LogP contribution >= 0.6 is 0 Å². The quantitative estimate of drug-likeness (QED) is 0.717. The molecule has 0 bridgehead atoms. The van der Waals surface area contributed by atoms with Gasteiger partial charge >= 0.3 is 0 Å². The van der Waals surface area contributed by atoms with Crippen LogP contribution in [0.5, 0.6) is 11.6 Å². The number of hydrogen-bond acceptors (Lipinski definition) is 3. The molecule has 1 heterocycles. The summed E-state index contributed by atoms with van der Waals surface area (Å²) in [5, 5.41) is 0. The van der Waals surface area contributed by atoms with Crippen molar-refractivity contribution in [2.75, 3.05) is 6.61 Å². The van der Waals surface area contributed by atoms with Crippen LogP contribution in [0.4, 0.5) is 0 Å². The number of unbranched alkanes of at least 4 members (excludes halogenated alkanes) is 1. The van der Waals surface area contributed by atoms with E-state index in [9.17, 15) is 0 Å². The van der Waals surface area contributed by atoms with E-state index < -0.39 is 0 Å². The first-order valence-corrected chi connectivity index (χ1v) is 7.90. The molecule has 0 radical (unpaired) electrons. The predicted octanol–water partition coefficient (Wildman–Crippen LogP) is 4.51. The topological polar surface area (TPSA) is 31.4 Å². The first kappa shape index (κ1) is 15.1. The van der Waals surface area contributed by atoms with Crippen molar-refractivity contribution in [2.45, 2.75) is 72.3 Å². The maximum Gasteiger partial charge on any atom is 0.217 e. The van der Waals surface area contributed by atoms with Crippen LogP contribution in [0.25, 0.3) is 0 Å². The summed E-state index contributed by atoms with van der Waals surface area (Å²) < 4.78 is 12.0. The van der Waals surface area contributed by atoms with Gasteiger partial charge in [-0.15, -0.1) is 0 Å². The van der Waals surface area contributed by atoms with Gasteiger partial charge in [0.05, 0.1) is 12.3 Å². The third kappa shape index (κ3) is 3.44. The molecule has 0 unspecified atom stereocenters. The SMILES string of the molecule is CCCCOc1c(C)nc(OC2CCCC2)c(C)c1C. The summed E-state index contributed by atoms with van der Waals surface area (Å²) in [6, 6.07) is 0. The van der Waals surface area contributed by atoms with E-state index in [0.29, 0.717) is 6.10 Å². The standard InChI is InChI=1S/C17H27NO2/c1-5-6-11-19-16-12(2)13(3)17(18-14(16)4)20-15-9-7-8-10-15/h15H,5-11H2,1-4H3. The van der Waals surface area contributed by atoms with Gasteiger partial charge in [-0.1, -0.05) is 13.3 Å². The van der Waals surface area contributed by atoms with Gasteiger partial charge in [0.1, 0.15) is 11.9 Å². The summed E-state index contributed by atoms with van der Waals surface area (Å²) in [7, 11) is 0. The summed E-state index contributed by atoms with van der Waals surface area (Å²) >= 11 is 0. The van der Waals surface area contributed by atoms with Crippen LogP contribution < -0.4 is 9.47 Å². The molecule has 3 heteroatoms. The van der Waals surface area contributed by atoms with Gasteiger partial charge in [-0.05, 0) is 52.9 Å². The maximum absolute atomic E-state index is 6.08. The minimum Gasteiger partial charge on any atom is -0.491 e. The van der Waals surface area contributed by atoms with E-state index in [1.54, 1.807) is 0 Å². The van der Waals surface area contributed by atoms with Gasteiger partial charge in [0.25, 0.3) is 0 Å². The largest absolute Gasteiger partial charge is 0.491 e. The molecule has 1 aliphatic carbocycles. The molecule has 0 spiro atoms. The zero-order valence-corrected chi connectivity index (χ0v) is 13.3. The molecule has 1 aromatic heterocycles. The van der Waals surface area contributed by atoms with Crippen LogP contribution in [0.1, 0.15) is 62.3 Å². The molecular weight excluding hydrogens is 250 g/mol. The van der Waals surface area contributed by atoms with Crippen molar-refractivity contribution in [3.63, 3.8) is 0 Å². The normalized spacial score (nSPS) is 15.6. The van der Waals surface area contributed by atoms with Crippen LogP contribution in [0.15, 0.2) is 0 Å². The molecule has 1 fully saturated rings. The van der Waals surface area contributed by atoms with Crippen molar-refractivity contribution in [1.29, 1.82) is 0 Å². The molecule has 0 saturated heterocycles. The lowest BCUT2D eigenvalue weighted by Crippen LogP contribution is -2.14. The Morgan fingerprint density at radius 2 is 1.80 bits per heavy atom. The van der Waals surface area contributed by atoms with Gasteiger partial charge in [0.15, 0.2) is 0 Å². The Hall–Kier alpha value is -1.25. The number of aromatic nitrogens is 1. The minimum absolute atomic E-state index is 0.354. The van der Waals surface area contributed by atoms with Gasteiger partial charge < -0.3 is 9.47 Å². The fourth-order valence-corrected chi connectivity index (χ4v) is 2.70. The zero-order chi connectivity index (χ0) is 14.5. The highest BCUT2D eigenvalue weighted by molar-refractivity contribution is 5.46. The van der Waals surface area contributed by atoms with E-state index in [0.717, 1.165) is 55.2 Å². The van der Waals surface area contributed by atoms with E-state index in [1.807, 2.05) is 6.92 Å². The molecule has 0 aromatic carbocycles. The predicted molar refractivity (Wildman–Crippen MR) is 81.7 cm³/mol.